The Kier molecular flexibility index (Phi) is 3.26. The van der Waals surface area contributed by atoms with E-state index in [2.05, 4.69) is 0 Å². The minimum Gasteiger partial charge on any atom is -0.448 e. The third-order valence-electron chi connectivity index (χ3n) is 4.40. The zero-order valence-electron chi connectivity index (χ0n) is 12.1. The Morgan fingerprint density at radius 1 is 0.955 bits per heavy atom. The van der Waals surface area contributed by atoms with Gasteiger partial charge in [-0.15, -0.1) is 0 Å². The normalized spacial score (nSPS) is 18.6. The highest BCUT2D eigenvalue weighted by atomic mass is 35.5. The van der Waals surface area contributed by atoms with Crippen LogP contribution < -0.4 is 9.47 Å². The van der Waals surface area contributed by atoms with Crippen molar-refractivity contribution >= 4 is 11.6 Å². The number of hydrogen-bond acceptors (Lipinski definition) is 2. The summed E-state index contributed by atoms with van der Waals surface area (Å²) in [5, 5.41) is 0.500. The zero-order chi connectivity index (χ0) is 15.2. The molecule has 0 N–H and O–H groups in total. The predicted molar refractivity (Wildman–Crippen MR) is 83.9 cm³/mol. The van der Waals surface area contributed by atoms with Crippen molar-refractivity contribution in [3.05, 3.63) is 47.2 Å². The molecule has 0 radical (unpaired) electrons. The Labute approximate surface area is 133 Å². The molecule has 2 aliphatic rings. The first-order chi connectivity index (χ1) is 10.7. The molecule has 0 aromatic heterocycles. The van der Waals surface area contributed by atoms with Crippen LogP contribution >= 0.6 is 11.6 Å². The van der Waals surface area contributed by atoms with Crippen molar-refractivity contribution in [1.82, 2.24) is 0 Å². The molecule has 1 aliphatic carbocycles. The van der Waals surface area contributed by atoms with E-state index in [1.165, 1.54) is 12.5 Å². The minimum atomic E-state index is -0.564. The topological polar surface area (TPSA) is 18.5 Å². The van der Waals surface area contributed by atoms with Gasteiger partial charge in [-0.2, -0.15) is 0 Å². The molecular formula is C18H16ClFO2. The summed E-state index contributed by atoms with van der Waals surface area (Å²) >= 11 is 6.02. The Hall–Kier alpha value is -1.74. The summed E-state index contributed by atoms with van der Waals surface area (Å²) in [5.41, 5.74) is 1.14. The average molecular weight is 319 g/mol. The molecule has 114 valence electrons. The van der Waals surface area contributed by atoms with Crippen molar-refractivity contribution in [1.29, 1.82) is 0 Å². The van der Waals surface area contributed by atoms with Gasteiger partial charge in [-0.1, -0.05) is 30.2 Å². The van der Waals surface area contributed by atoms with Gasteiger partial charge in [-0.3, -0.25) is 0 Å². The fraction of sp³-hybridized carbons (Fsp3) is 0.333. The molecule has 0 saturated heterocycles. The average Bonchev–Trinajstić information content (AvgIpc) is 2.88. The van der Waals surface area contributed by atoms with E-state index >= 15 is 0 Å². The van der Waals surface area contributed by atoms with Crippen molar-refractivity contribution < 1.29 is 13.9 Å². The van der Waals surface area contributed by atoms with E-state index in [9.17, 15) is 4.39 Å². The fourth-order valence-electron chi connectivity index (χ4n) is 3.32. The summed E-state index contributed by atoms with van der Waals surface area (Å²) in [6.45, 7) is 0. The molecule has 0 amide bonds. The second-order valence-electron chi connectivity index (χ2n) is 5.93. The van der Waals surface area contributed by atoms with Crippen LogP contribution in [0.5, 0.6) is 11.5 Å². The predicted octanol–water partition coefficient (Wildman–Crippen LogP) is 5.58. The maximum Gasteiger partial charge on any atom is 0.251 e. The molecule has 0 bridgehead atoms. The van der Waals surface area contributed by atoms with Crippen LogP contribution in [0.3, 0.4) is 0 Å². The molecule has 1 saturated carbocycles. The lowest BCUT2D eigenvalue weighted by Gasteiger charge is -2.31. The molecule has 2 aromatic carbocycles. The third-order valence-corrected chi connectivity index (χ3v) is 4.63. The highest BCUT2D eigenvalue weighted by molar-refractivity contribution is 6.30. The quantitative estimate of drug-likeness (QED) is 0.683. The molecule has 0 unspecified atom stereocenters. The van der Waals surface area contributed by atoms with Crippen molar-refractivity contribution in [3.8, 4) is 22.6 Å². The fourth-order valence-corrected chi connectivity index (χ4v) is 3.49. The third kappa shape index (κ3) is 2.24. The summed E-state index contributed by atoms with van der Waals surface area (Å²) in [5.74, 6) is 0.446. The van der Waals surface area contributed by atoms with Crippen molar-refractivity contribution in [2.45, 2.75) is 37.9 Å². The second-order valence-corrected chi connectivity index (χ2v) is 6.37. The van der Waals surface area contributed by atoms with Gasteiger partial charge in [0.1, 0.15) is 5.82 Å². The van der Waals surface area contributed by atoms with E-state index < -0.39 is 5.79 Å². The lowest BCUT2D eigenvalue weighted by Crippen LogP contribution is -2.40. The molecule has 4 heteroatoms. The maximum absolute atomic E-state index is 14.2. The molecule has 1 fully saturated rings. The van der Waals surface area contributed by atoms with Crippen molar-refractivity contribution in [2.24, 2.45) is 0 Å². The SMILES string of the molecule is Fc1ccc(Cl)cc1-c1cccc2c1OC1(CCCCC1)O2. The Bertz CT molecular complexity index is 723. The first-order valence-electron chi connectivity index (χ1n) is 7.63. The smallest absolute Gasteiger partial charge is 0.251 e. The first kappa shape index (κ1) is 13.9. The Morgan fingerprint density at radius 3 is 2.59 bits per heavy atom. The van der Waals surface area contributed by atoms with Crippen LogP contribution in [0.15, 0.2) is 36.4 Å². The monoisotopic (exact) mass is 318 g/mol. The summed E-state index contributed by atoms with van der Waals surface area (Å²) in [4.78, 5) is 0. The zero-order valence-corrected chi connectivity index (χ0v) is 12.8. The number of halogens is 2. The van der Waals surface area contributed by atoms with Crippen LogP contribution in [-0.4, -0.2) is 5.79 Å². The molecule has 2 nitrogen and oxygen atoms in total. The largest absolute Gasteiger partial charge is 0.448 e. The van der Waals surface area contributed by atoms with Crippen molar-refractivity contribution in [2.75, 3.05) is 0 Å². The van der Waals surface area contributed by atoms with Crippen LogP contribution in [0.4, 0.5) is 4.39 Å². The number of benzene rings is 2. The molecule has 2 aromatic rings. The molecule has 0 atom stereocenters. The van der Waals surface area contributed by atoms with E-state index in [1.54, 1.807) is 12.1 Å². The van der Waals surface area contributed by atoms with Gasteiger partial charge >= 0.3 is 0 Å². The van der Waals surface area contributed by atoms with E-state index in [4.69, 9.17) is 21.1 Å². The van der Waals surface area contributed by atoms with E-state index in [0.717, 1.165) is 25.7 Å². The van der Waals surface area contributed by atoms with Gasteiger partial charge < -0.3 is 9.47 Å². The van der Waals surface area contributed by atoms with Gasteiger partial charge in [0.25, 0.3) is 5.79 Å². The lowest BCUT2D eigenvalue weighted by molar-refractivity contribution is -0.105. The van der Waals surface area contributed by atoms with Crippen LogP contribution in [0, 0.1) is 5.82 Å². The summed E-state index contributed by atoms with van der Waals surface area (Å²) in [6.07, 6.45) is 5.14. The molecular weight excluding hydrogens is 303 g/mol. The van der Waals surface area contributed by atoms with Gasteiger partial charge in [0, 0.05) is 29.0 Å². The molecule has 22 heavy (non-hydrogen) atoms. The van der Waals surface area contributed by atoms with Crippen LogP contribution in [0.2, 0.25) is 5.02 Å². The minimum absolute atomic E-state index is 0.314. The van der Waals surface area contributed by atoms with Crippen LogP contribution in [-0.2, 0) is 0 Å². The van der Waals surface area contributed by atoms with Gasteiger partial charge in [0.15, 0.2) is 11.5 Å². The molecule has 1 spiro atoms. The van der Waals surface area contributed by atoms with Gasteiger partial charge in [0.05, 0.1) is 0 Å². The van der Waals surface area contributed by atoms with Gasteiger partial charge in [-0.05, 0) is 37.1 Å². The molecule has 1 aliphatic heterocycles. The molecule has 1 heterocycles. The number of rotatable bonds is 1. The summed E-state index contributed by atoms with van der Waals surface area (Å²) < 4.78 is 26.5. The lowest BCUT2D eigenvalue weighted by atomic mass is 9.94. The first-order valence-corrected chi connectivity index (χ1v) is 8.01. The summed E-state index contributed by atoms with van der Waals surface area (Å²) in [6, 6.07) is 10.1. The van der Waals surface area contributed by atoms with Crippen LogP contribution in [0.1, 0.15) is 32.1 Å². The molecule has 4 rings (SSSR count). The van der Waals surface area contributed by atoms with E-state index in [0.29, 0.717) is 27.6 Å². The Balaban J connectivity index is 1.79. The van der Waals surface area contributed by atoms with E-state index in [-0.39, 0.29) is 5.82 Å². The number of fused-ring (bicyclic) bond motifs is 1. The van der Waals surface area contributed by atoms with E-state index in [1.807, 2.05) is 18.2 Å². The van der Waals surface area contributed by atoms with Gasteiger partial charge in [-0.25, -0.2) is 4.39 Å². The highest BCUT2D eigenvalue weighted by Crippen LogP contribution is 2.50. The number of ether oxygens (including phenoxy) is 2. The Morgan fingerprint density at radius 2 is 1.77 bits per heavy atom. The standard InChI is InChI=1S/C18H16ClFO2/c19-12-7-8-15(20)14(11-12)13-5-4-6-16-17(13)22-18(21-16)9-2-1-3-10-18/h4-8,11H,1-3,9-10H2. The summed E-state index contributed by atoms with van der Waals surface area (Å²) in [7, 11) is 0. The van der Waals surface area contributed by atoms with Gasteiger partial charge in [0.2, 0.25) is 0 Å². The highest BCUT2D eigenvalue weighted by Gasteiger charge is 2.43. The van der Waals surface area contributed by atoms with Crippen molar-refractivity contribution in [3.63, 3.8) is 0 Å². The second kappa shape index (κ2) is 5.17. The number of para-hydroxylation sites is 1. The number of hydrogen-bond donors (Lipinski definition) is 0. The van der Waals surface area contributed by atoms with Crippen LogP contribution in [0.25, 0.3) is 11.1 Å². The maximum atomic E-state index is 14.2.